The van der Waals surface area contributed by atoms with Crippen molar-refractivity contribution in [2.75, 3.05) is 13.7 Å². The van der Waals surface area contributed by atoms with Crippen molar-refractivity contribution in [3.05, 3.63) is 87.4 Å². The van der Waals surface area contributed by atoms with Gasteiger partial charge in [-0.1, -0.05) is 55.0 Å². The molecule has 1 atom stereocenters. The second kappa shape index (κ2) is 13.1. The molecule has 2 aromatic rings. The van der Waals surface area contributed by atoms with Gasteiger partial charge < -0.3 is 20.2 Å². The second-order valence-corrected chi connectivity index (χ2v) is 8.63. The average molecular weight is 482 g/mol. The molecule has 182 valence electrons. The third kappa shape index (κ3) is 7.05. The molecule has 1 aromatic carbocycles. The van der Waals surface area contributed by atoms with E-state index in [1.54, 1.807) is 19.4 Å². The van der Waals surface area contributed by atoms with Crippen LogP contribution in [-0.4, -0.2) is 24.9 Å². The van der Waals surface area contributed by atoms with Crippen LogP contribution in [0.25, 0.3) is 5.57 Å². The van der Waals surface area contributed by atoms with Crippen LogP contribution in [0, 0.1) is 5.41 Å². The van der Waals surface area contributed by atoms with Gasteiger partial charge in [-0.15, -0.1) is 0 Å². The Morgan fingerprint density at radius 1 is 1.26 bits per heavy atom. The average Bonchev–Trinajstić information content (AvgIpc) is 2.82. The molecule has 0 aliphatic heterocycles. The van der Waals surface area contributed by atoms with Crippen molar-refractivity contribution in [2.45, 2.75) is 53.7 Å². The predicted octanol–water partition coefficient (Wildman–Crippen LogP) is 7.08. The van der Waals surface area contributed by atoms with Crippen LogP contribution in [0.4, 0.5) is 0 Å². The number of ether oxygens (including phenoxy) is 2. The fraction of sp³-hybridized carbons (Fsp3) is 0.357. The molecule has 2 N–H and O–H groups in total. The predicted molar refractivity (Wildman–Crippen MR) is 143 cm³/mol. The largest absolute Gasteiger partial charge is 0.492 e. The molecule has 6 heteroatoms. The lowest BCUT2D eigenvalue weighted by Gasteiger charge is -2.18. The highest BCUT2D eigenvalue weighted by molar-refractivity contribution is 6.32. The lowest BCUT2D eigenvalue weighted by molar-refractivity contribution is 0.119. The van der Waals surface area contributed by atoms with Crippen LogP contribution in [-0.2, 0) is 17.7 Å². The van der Waals surface area contributed by atoms with Crippen molar-refractivity contribution < 1.29 is 9.47 Å². The van der Waals surface area contributed by atoms with Gasteiger partial charge in [-0.3, -0.25) is 4.98 Å². The van der Waals surface area contributed by atoms with E-state index in [0.29, 0.717) is 40.9 Å². The number of hydrogen-bond donors (Lipinski definition) is 2. The Kier molecular flexibility index (Phi) is 10.6. The SMILES string of the molecule is C=C(NCc1ccc(C(C)OC)c(CC)c1)/C(C=N)=C(\C=C(C)C)c1ncc(OCC)cc1Cl. The Labute approximate surface area is 209 Å². The van der Waals surface area contributed by atoms with E-state index in [1.807, 2.05) is 26.8 Å². The maximum Gasteiger partial charge on any atom is 0.139 e. The zero-order chi connectivity index (χ0) is 25.3. The van der Waals surface area contributed by atoms with Gasteiger partial charge >= 0.3 is 0 Å². The number of methoxy groups -OCH3 is 1. The van der Waals surface area contributed by atoms with Crippen molar-refractivity contribution in [3.8, 4) is 5.75 Å². The maximum absolute atomic E-state index is 8.11. The summed E-state index contributed by atoms with van der Waals surface area (Å²) in [6, 6.07) is 8.16. The number of rotatable bonds is 12. The summed E-state index contributed by atoms with van der Waals surface area (Å²) in [5.74, 6) is 0.610. The van der Waals surface area contributed by atoms with Crippen molar-refractivity contribution in [2.24, 2.45) is 0 Å². The summed E-state index contributed by atoms with van der Waals surface area (Å²) >= 11 is 6.57. The van der Waals surface area contributed by atoms with Gasteiger partial charge in [0.25, 0.3) is 0 Å². The fourth-order valence-corrected chi connectivity index (χ4v) is 3.91. The van der Waals surface area contributed by atoms with Crippen LogP contribution < -0.4 is 10.1 Å². The number of hydrogen-bond acceptors (Lipinski definition) is 5. The molecule has 0 radical (unpaired) electrons. The topological polar surface area (TPSA) is 67.2 Å². The molecule has 0 spiro atoms. The Hall–Kier alpha value is -2.89. The molecule has 0 fully saturated rings. The number of pyridine rings is 1. The minimum Gasteiger partial charge on any atom is -0.492 e. The van der Waals surface area contributed by atoms with Crippen LogP contribution in [0.3, 0.4) is 0 Å². The maximum atomic E-state index is 8.11. The van der Waals surface area contributed by atoms with E-state index in [-0.39, 0.29) is 6.10 Å². The summed E-state index contributed by atoms with van der Waals surface area (Å²) in [5, 5.41) is 12.0. The third-order valence-electron chi connectivity index (χ3n) is 5.46. The summed E-state index contributed by atoms with van der Waals surface area (Å²) in [4.78, 5) is 4.53. The first-order valence-electron chi connectivity index (χ1n) is 11.5. The van der Waals surface area contributed by atoms with E-state index in [2.05, 4.69) is 48.9 Å². The normalized spacial score (nSPS) is 12.4. The van der Waals surface area contributed by atoms with E-state index in [9.17, 15) is 0 Å². The first-order chi connectivity index (χ1) is 16.2. The lowest BCUT2D eigenvalue weighted by atomic mass is 9.98. The number of halogens is 1. The van der Waals surface area contributed by atoms with Crippen molar-refractivity contribution in [1.82, 2.24) is 10.3 Å². The molecule has 34 heavy (non-hydrogen) atoms. The van der Waals surface area contributed by atoms with Crippen LogP contribution >= 0.6 is 11.6 Å². The minimum atomic E-state index is 0.0531. The molecule has 2 rings (SSSR count). The number of allylic oxidation sites excluding steroid dienone is 4. The van der Waals surface area contributed by atoms with Crippen molar-refractivity contribution in [3.63, 3.8) is 0 Å². The van der Waals surface area contributed by atoms with E-state index in [4.69, 9.17) is 26.5 Å². The zero-order valence-corrected chi connectivity index (χ0v) is 21.8. The van der Waals surface area contributed by atoms with E-state index in [1.165, 1.54) is 17.3 Å². The number of benzene rings is 1. The van der Waals surface area contributed by atoms with E-state index in [0.717, 1.165) is 23.1 Å². The molecular formula is C28H36ClN3O2. The molecule has 0 saturated carbocycles. The van der Waals surface area contributed by atoms with Crippen molar-refractivity contribution >= 4 is 23.4 Å². The monoisotopic (exact) mass is 481 g/mol. The molecule has 1 unspecified atom stereocenters. The second-order valence-electron chi connectivity index (χ2n) is 8.22. The lowest BCUT2D eigenvalue weighted by Crippen LogP contribution is -2.16. The van der Waals surface area contributed by atoms with Gasteiger partial charge in [-0.05, 0) is 50.8 Å². The number of nitrogens with zero attached hydrogens (tertiary/aromatic N) is 1. The highest BCUT2D eigenvalue weighted by Gasteiger charge is 2.15. The highest BCUT2D eigenvalue weighted by atomic mass is 35.5. The van der Waals surface area contributed by atoms with Crippen LogP contribution in [0.5, 0.6) is 5.75 Å². The van der Waals surface area contributed by atoms with E-state index >= 15 is 0 Å². The van der Waals surface area contributed by atoms with Gasteiger partial charge in [0.1, 0.15) is 5.75 Å². The summed E-state index contributed by atoms with van der Waals surface area (Å²) in [7, 11) is 1.73. The molecule has 0 amide bonds. The van der Waals surface area contributed by atoms with Gasteiger partial charge in [0, 0.05) is 42.8 Å². The van der Waals surface area contributed by atoms with E-state index < -0.39 is 0 Å². The summed E-state index contributed by atoms with van der Waals surface area (Å²) < 4.78 is 11.0. The van der Waals surface area contributed by atoms with Gasteiger partial charge in [0.05, 0.1) is 29.6 Å². The number of aromatic nitrogens is 1. The summed E-state index contributed by atoms with van der Waals surface area (Å²) in [6.07, 6.45) is 5.89. The third-order valence-corrected chi connectivity index (χ3v) is 5.75. The first kappa shape index (κ1) is 27.4. The molecule has 1 aromatic heterocycles. The minimum absolute atomic E-state index is 0.0531. The Balaban J connectivity index is 2.37. The Bertz CT molecular complexity index is 1090. The van der Waals surface area contributed by atoms with Gasteiger partial charge in [-0.2, -0.15) is 0 Å². The van der Waals surface area contributed by atoms with Gasteiger partial charge in [-0.25, -0.2) is 0 Å². The molecule has 1 heterocycles. The van der Waals surface area contributed by atoms with Crippen molar-refractivity contribution in [1.29, 1.82) is 5.41 Å². The molecule has 0 aliphatic carbocycles. The summed E-state index contributed by atoms with van der Waals surface area (Å²) in [5.41, 5.74) is 7.23. The number of nitrogens with one attached hydrogen (secondary N) is 2. The van der Waals surface area contributed by atoms with Crippen LogP contribution in [0.1, 0.15) is 63.1 Å². The first-order valence-corrected chi connectivity index (χ1v) is 11.9. The molecule has 0 aliphatic rings. The van der Waals surface area contributed by atoms with Crippen LogP contribution in [0.2, 0.25) is 5.02 Å². The smallest absolute Gasteiger partial charge is 0.139 e. The van der Waals surface area contributed by atoms with Gasteiger partial charge in [0.2, 0.25) is 0 Å². The number of aryl methyl sites for hydroxylation is 1. The zero-order valence-electron chi connectivity index (χ0n) is 21.1. The summed E-state index contributed by atoms with van der Waals surface area (Å²) in [6.45, 7) is 15.4. The molecule has 5 nitrogen and oxygen atoms in total. The Morgan fingerprint density at radius 3 is 2.56 bits per heavy atom. The quantitative estimate of drug-likeness (QED) is 0.251. The standard InChI is InChI=1S/C28H36ClN3O2/c1-8-22-13-21(10-11-24(22)20(6)33-7)16-31-19(5)26(15-30)25(12-18(3)4)28-27(29)14-23(17-32-28)34-9-2/h10-15,17,20,30-31H,5,8-9,16H2,1-4,6-7H3/b26-25+,30-15?. The highest BCUT2D eigenvalue weighted by Crippen LogP contribution is 2.31. The van der Waals surface area contributed by atoms with Crippen LogP contribution in [0.15, 0.2) is 60.0 Å². The molecule has 0 saturated heterocycles. The molecule has 0 bridgehead atoms. The van der Waals surface area contributed by atoms with Gasteiger partial charge in [0.15, 0.2) is 0 Å². The Morgan fingerprint density at radius 2 is 2.00 bits per heavy atom. The fourth-order valence-electron chi connectivity index (χ4n) is 3.66. The molecular weight excluding hydrogens is 446 g/mol.